The molecule has 0 aliphatic rings. The van der Waals surface area contributed by atoms with Crippen molar-refractivity contribution in [3.8, 4) is 17.1 Å². The maximum absolute atomic E-state index is 5.28. The summed E-state index contributed by atoms with van der Waals surface area (Å²) in [5.41, 5.74) is 2.24. The number of thioether (sulfide) groups is 1. The van der Waals surface area contributed by atoms with Gasteiger partial charge in [-0.25, -0.2) is 0 Å². The van der Waals surface area contributed by atoms with Crippen LogP contribution in [0.25, 0.3) is 11.4 Å². The first-order valence-electron chi connectivity index (χ1n) is 7.67. The average Bonchev–Trinajstić information content (AvgIpc) is 3.04. The summed E-state index contributed by atoms with van der Waals surface area (Å²) in [5.74, 6) is 2.54. The summed E-state index contributed by atoms with van der Waals surface area (Å²) in [4.78, 5) is 0. The van der Waals surface area contributed by atoms with E-state index in [4.69, 9.17) is 4.74 Å². The van der Waals surface area contributed by atoms with Gasteiger partial charge in [-0.1, -0.05) is 60.3 Å². The van der Waals surface area contributed by atoms with Crippen LogP contribution in [0.5, 0.6) is 5.75 Å². The molecule has 1 heterocycles. The van der Waals surface area contributed by atoms with Crippen LogP contribution in [-0.2, 0) is 12.3 Å². The Hall–Kier alpha value is -2.53. The molecule has 0 fully saturated rings. The molecule has 0 N–H and O–H groups in total. The fraction of sp³-hybridized carbons (Fsp3) is 0.158. The van der Waals surface area contributed by atoms with Crippen molar-refractivity contribution < 1.29 is 4.74 Å². The number of hydrogen-bond acceptors (Lipinski definition) is 4. The summed E-state index contributed by atoms with van der Waals surface area (Å²) in [5, 5.41) is 9.62. The number of allylic oxidation sites excluding steroid dienone is 1. The Labute approximate surface area is 146 Å². The lowest BCUT2D eigenvalue weighted by molar-refractivity contribution is 0.414. The van der Waals surface area contributed by atoms with Crippen LogP contribution in [0.2, 0.25) is 0 Å². The molecule has 122 valence electrons. The van der Waals surface area contributed by atoms with Crippen LogP contribution in [0, 0.1) is 0 Å². The van der Waals surface area contributed by atoms with Gasteiger partial charge in [0.2, 0.25) is 0 Å². The summed E-state index contributed by atoms with van der Waals surface area (Å²) in [6, 6.07) is 18.2. The van der Waals surface area contributed by atoms with Crippen LogP contribution in [0.4, 0.5) is 0 Å². The van der Waals surface area contributed by atoms with E-state index in [9.17, 15) is 0 Å². The molecule has 0 saturated carbocycles. The zero-order valence-corrected chi connectivity index (χ0v) is 14.4. The lowest BCUT2D eigenvalue weighted by Gasteiger charge is -2.08. The van der Waals surface area contributed by atoms with Gasteiger partial charge in [0.1, 0.15) is 5.75 Å². The summed E-state index contributed by atoms with van der Waals surface area (Å²) in [6.07, 6.45) is 1.87. The van der Waals surface area contributed by atoms with Gasteiger partial charge in [0, 0.05) is 17.9 Å². The third-order valence-corrected chi connectivity index (χ3v) is 4.60. The van der Waals surface area contributed by atoms with E-state index in [1.165, 1.54) is 5.56 Å². The standard InChI is InChI=1S/C19H19N3OS/c1-3-12-22-18(16-9-5-4-6-10-16)20-21-19(22)24-14-15-8-7-11-17(13-15)23-2/h3-11,13H,1,12,14H2,2H3. The first-order chi connectivity index (χ1) is 11.8. The largest absolute Gasteiger partial charge is 0.497 e. The minimum Gasteiger partial charge on any atom is -0.497 e. The smallest absolute Gasteiger partial charge is 0.192 e. The number of aromatic nitrogens is 3. The highest BCUT2D eigenvalue weighted by Crippen LogP contribution is 2.27. The van der Waals surface area contributed by atoms with Crippen molar-refractivity contribution in [2.24, 2.45) is 0 Å². The Kier molecular flexibility index (Phi) is 5.33. The maximum atomic E-state index is 5.28. The molecule has 0 amide bonds. The van der Waals surface area contributed by atoms with Crippen LogP contribution < -0.4 is 4.74 Å². The Bertz CT molecular complexity index is 814. The van der Waals surface area contributed by atoms with Gasteiger partial charge in [-0.15, -0.1) is 16.8 Å². The zero-order chi connectivity index (χ0) is 16.8. The molecule has 24 heavy (non-hydrogen) atoms. The molecule has 1 aromatic heterocycles. The van der Waals surface area contributed by atoms with Crippen LogP contribution >= 0.6 is 11.8 Å². The van der Waals surface area contributed by atoms with Crippen molar-refractivity contribution in [2.75, 3.05) is 7.11 Å². The van der Waals surface area contributed by atoms with E-state index >= 15 is 0 Å². The summed E-state index contributed by atoms with van der Waals surface area (Å²) in [7, 11) is 1.68. The van der Waals surface area contributed by atoms with Crippen molar-refractivity contribution >= 4 is 11.8 Å². The zero-order valence-electron chi connectivity index (χ0n) is 13.6. The monoisotopic (exact) mass is 337 g/mol. The Morgan fingerprint density at radius 2 is 1.96 bits per heavy atom. The van der Waals surface area contributed by atoms with Crippen LogP contribution in [-0.4, -0.2) is 21.9 Å². The maximum Gasteiger partial charge on any atom is 0.192 e. The molecule has 0 unspecified atom stereocenters. The first-order valence-corrected chi connectivity index (χ1v) is 8.65. The normalized spacial score (nSPS) is 10.5. The average molecular weight is 337 g/mol. The number of ether oxygens (including phenoxy) is 1. The van der Waals surface area contributed by atoms with E-state index in [-0.39, 0.29) is 0 Å². The second kappa shape index (κ2) is 7.84. The quantitative estimate of drug-likeness (QED) is 0.472. The molecular weight excluding hydrogens is 318 g/mol. The number of benzene rings is 2. The summed E-state index contributed by atoms with van der Waals surface area (Å²) >= 11 is 1.66. The molecule has 3 aromatic rings. The second-order valence-corrected chi connectivity index (χ2v) is 6.15. The van der Waals surface area contributed by atoms with Crippen LogP contribution in [0.15, 0.2) is 72.4 Å². The molecule has 0 bridgehead atoms. The van der Waals surface area contributed by atoms with Gasteiger partial charge in [-0.05, 0) is 17.7 Å². The molecular formula is C19H19N3OS. The van der Waals surface area contributed by atoms with Crippen molar-refractivity contribution in [1.82, 2.24) is 14.8 Å². The third kappa shape index (κ3) is 3.68. The molecule has 0 aliphatic heterocycles. The van der Waals surface area contributed by atoms with E-state index in [1.54, 1.807) is 18.9 Å². The molecule has 0 saturated heterocycles. The number of methoxy groups -OCH3 is 1. The molecule has 2 aromatic carbocycles. The van der Waals surface area contributed by atoms with Gasteiger partial charge in [0.15, 0.2) is 11.0 Å². The van der Waals surface area contributed by atoms with Crippen molar-refractivity contribution in [2.45, 2.75) is 17.5 Å². The predicted octanol–water partition coefficient (Wildman–Crippen LogP) is 4.43. The molecule has 5 heteroatoms. The minimum absolute atomic E-state index is 0.678. The van der Waals surface area contributed by atoms with E-state index in [1.807, 2.05) is 54.6 Å². The number of rotatable bonds is 7. The molecule has 0 atom stereocenters. The first kappa shape index (κ1) is 16.3. The van der Waals surface area contributed by atoms with E-state index in [0.717, 1.165) is 28.0 Å². The topological polar surface area (TPSA) is 39.9 Å². The lowest BCUT2D eigenvalue weighted by atomic mass is 10.2. The van der Waals surface area contributed by atoms with Gasteiger partial charge in [0.05, 0.1) is 7.11 Å². The fourth-order valence-electron chi connectivity index (χ4n) is 2.40. The fourth-order valence-corrected chi connectivity index (χ4v) is 3.29. The van der Waals surface area contributed by atoms with Gasteiger partial charge in [0.25, 0.3) is 0 Å². The minimum atomic E-state index is 0.678. The SMILES string of the molecule is C=CCn1c(SCc2cccc(OC)c2)nnc1-c1ccccc1. The highest BCUT2D eigenvalue weighted by Gasteiger charge is 2.13. The van der Waals surface area contributed by atoms with Crippen molar-refractivity contribution in [3.05, 3.63) is 72.8 Å². The molecule has 4 nitrogen and oxygen atoms in total. The highest BCUT2D eigenvalue weighted by atomic mass is 32.2. The summed E-state index contributed by atoms with van der Waals surface area (Å²) < 4.78 is 7.37. The van der Waals surface area contributed by atoms with Crippen LogP contribution in [0.1, 0.15) is 5.56 Å². The van der Waals surface area contributed by atoms with Gasteiger partial charge in [-0.2, -0.15) is 0 Å². The number of hydrogen-bond donors (Lipinski definition) is 0. The van der Waals surface area contributed by atoms with E-state index in [2.05, 4.69) is 27.4 Å². The molecule has 3 rings (SSSR count). The van der Waals surface area contributed by atoms with Gasteiger partial charge in [-0.3, -0.25) is 4.57 Å². The predicted molar refractivity (Wildman–Crippen MR) is 98.2 cm³/mol. The van der Waals surface area contributed by atoms with Crippen molar-refractivity contribution in [1.29, 1.82) is 0 Å². The van der Waals surface area contributed by atoms with Crippen LogP contribution in [0.3, 0.4) is 0 Å². The third-order valence-electron chi connectivity index (χ3n) is 3.56. The number of nitrogens with zero attached hydrogens (tertiary/aromatic N) is 3. The Balaban J connectivity index is 1.83. The molecule has 0 spiro atoms. The van der Waals surface area contributed by atoms with Gasteiger partial charge < -0.3 is 4.74 Å². The molecule has 0 aliphatic carbocycles. The Morgan fingerprint density at radius 3 is 2.71 bits per heavy atom. The summed E-state index contributed by atoms with van der Waals surface area (Å²) in [6.45, 7) is 4.53. The van der Waals surface area contributed by atoms with Gasteiger partial charge >= 0.3 is 0 Å². The second-order valence-electron chi connectivity index (χ2n) is 5.21. The van der Waals surface area contributed by atoms with Crippen molar-refractivity contribution in [3.63, 3.8) is 0 Å². The lowest BCUT2D eigenvalue weighted by Crippen LogP contribution is -2.00. The van der Waals surface area contributed by atoms with E-state index in [0.29, 0.717) is 6.54 Å². The van der Waals surface area contributed by atoms with E-state index < -0.39 is 0 Å². The molecule has 0 radical (unpaired) electrons. The highest BCUT2D eigenvalue weighted by molar-refractivity contribution is 7.98. The Morgan fingerprint density at radius 1 is 1.12 bits per heavy atom.